The molecule has 98 valence electrons. The van der Waals surface area contributed by atoms with Gasteiger partial charge in [0.05, 0.1) is 5.56 Å². The van der Waals surface area contributed by atoms with Crippen LogP contribution >= 0.6 is 0 Å². The van der Waals surface area contributed by atoms with Crippen molar-refractivity contribution in [3.8, 4) is 0 Å². The van der Waals surface area contributed by atoms with Crippen LogP contribution in [0.25, 0.3) is 0 Å². The summed E-state index contributed by atoms with van der Waals surface area (Å²) >= 11 is 0. The molecule has 0 aliphatic carbocycles. The Bertz CT molecular complexity index is 546. The Kier molecular flexibility index (Phi) is 4.35. The molecule has 0 fully saturated rings. The highest BCUT2D eigenvalue weighted by molar-refractivity contribution is 5.89. The monoisotopic (exact) mass is 254 g/mol. The molecular formula is C17H18O2. The van der Waals surface area contributed by atoms with E-state index in [-0.39, 0.29) is 12.1 Å². The first-order valence-electron chi connectivity index (χ1n) is 6.47. The van der Waals surface area contributed by atoms with Crippen molar-refractivity contribution in [3.63, 3.8) is 0 Å². The summed E-state index contributed by atoms with van der Waals surface area (Å²) in [5.74, 6) is -0.262. The molecule has 1 unspecified atom stereocenters. The molecule has 2 rings (SSSR count). The van der Waals surface area contributed by atoms with E-state index < -0.39 is 0 Å². The predicted molar refractivity (Wildman–Crippen MR) is 76.2 cm³/mol. The minimum Gasteiger partial charge on any atom is -0.459 e. The Labute approximate surface area is 114 Å². The first-order valence-corrected chi connectivity index (χ1v) is 6.47. The number of ether oxygens (including phenoxy) is 1. The summed E-state index contributed by atoms with van der Waals surface area (Å²) in [5.41, 5.74) is 3.04. The van der Waals surface area contributed by atoms with Crippen LogP contribution in [0.5, 0.6) is 0 Å². The van der Waals surface area contributed by atoms with Gasteiger partial charge >= 0.3 is 5.97 Å². The van der Waals surface area contributed by atoms with Crippen LogP contribution < -0.4 is 0 Å². The second-order valence-corrected chi connectivity index (χ2v) is 4.71. The number of hydrogen-bond donors (Lipinski definition) is 0. The Morgan fingerprint density at radius 3 is 2.37 bits per heavy atom. The van der Waals surface area contributed by atoms with Gasteiger partial charge in [-0.2, -0.15) is 0 Å². The van der Waals surface area contributed by atoms with Gasteiger partial charge in [-0.3, -0.25) is 0 Å². The number of carbonyl (C=O) groups is 1. The molecule has 19 heavy (non-hydrogen) atoms. The van der Waals surface area contributed by atoms with E-state index in [2.05, 4.69) is 19.1 Å². The van der Waals surface area contributed by atoms with Gasteiger partial charge < -0.3 is 4.74 Å². The second kappa shape index (κ2) is 6.19. The molecular weight excluding hydrogens is 236 g/mol. The van der Waals surface area contributed by atoms with Crippen LogP contribution in [0.15, 0.2) is 54.6 Å². The summed E-state index contributed by atoms with van der Waals surface area (Å²) in [4.78, 5) is 11.9. The lowest BCUT2D eigenvalue weighted by Gasteiger charge is -2.14. The van der Waals surface area contributed by atoms with Crippen molar-refractivity contribution in [1.29, 1.82) is 0 Å². The minimum atomic E-state index is -0.262. The maximum Gasteiger partial charge on any atom is 0.338 e. The van der Waals surface area contributed by atoms with Crippen LogP contribution in [0.4, 0.5) is 0 Å². The molecule has 0 saturated heterocycles. The van der Waals surface area contributed by atoms with E-state index >= 15 is 0 Å². The largest absolute Gasteiger partial charge is 0.459 e. The van der Waals surface area contributed by atoms with Gasteiger partial charge in [-0.25, -0.2) is 4.79 Å². The van der Waals surface area contributed by atoms with Crippen molar-refractivity contribution >= 4 is 5.97 Å². The molecule has 0 amide bonds. The quantitative estimate of drug-likeness (QED) is 0.776. The third kappa shape index (κ3) is 3.68. The summed E-state index contributed by atoms with van der Waals surface area (Å²) in [6.07, 6.45) is 0.611. The molecule has 2 aromatic rings. The topological polar surface area (TPSA) is 26.3 Å². The Morgan fingerprint density at radius 1 is 1.05 bits per heavy atom. The molecule has 0 heterocycles. The van der Waals surface area contributed by atoms with E-state index in [1.54, 1.807) is 12.1 Å². The molecule has 0 aliphatic rings. The smallest absolute Gasteiger partial charge is 0.338 e. The van der Waals surface area contributed by atoms with Gasteiger partial charge in [0.2, 0.25) is 0 Å². The van der Waals surface area contributed by atoms with Crippen molar-refractivity contribution < 1.29 is 9.53 Å². The molecule has 2 heteroatoms. The molecule has 0 saturated carbocycles. The zero-order valence-corrected chi connectivity index (χ0v) is 11.3. The molecule has 0 spiro atoms. The van der Waals surface area contributed by atoms with Crippen LogP contribution in [0.1, 0.15) is 28.4 Å². The molecule has 2 aromatic carbocycles. The van der Waals surface area contributed by atoms with Gasteiger partial charge in [-0.05, 0) is 37.1 Å². The highest BCUT2D eigenvalue weighted by Crippen LogP contribution is 2.12. The van der Waals surface area contributed by atoms with E-state index in [1.807, 2.05) is 37.3 Å². The molecule has 1 atom stereocenters. The molecule has 2 nitrogen and oxygen atoms in total. The summed E-state index contributed by atoms with van der Waals surface area (Å²) < 4.78 is 5.46. The maximum atomic E-state index is 11.9. The molecule has 0 N–H and O–H groups in total. The van der Waals surface area contributed by atoms with Gasteiger partial charge in [-0.1, -0.05) is 42.5 Å². The normalized spacial score (nSPS) is 11.9. The van der Waals surface area contributed by atoms with Gasteiger partial charge in [0.15, 0.2) is 0 Å². The average molecular weight is 254 g/mol. The second-order valence-electron chi connectivity index (χ2n) is 4.71. The zero-order chi connectivity index (χ0) is 13.7. The van der Waals surface area contributed by atoms with Crippen LogP contribution in [-0.2, 0) is 11.2 Å². The predicted octanol–water partition coefficient (Wildman–Crippen LogP) is 3.78. The van der Waals surface area contributed by atoms with Gasteiger partial charge in [0.1, 0.15) is 6.10 Å². The molecule has 0 aromatic heterocycles. The van der Waals surface area contributed by atoms with Gasteiger partial charge in [0.25, 0.3) is 0 Å². The first kappa shape index (κ1) is 13.3. The molecule has 0 bridgehead atoms. The summed E-state index contributed by atoms with van der Waals surface area (Å²) in [5, 5.41) is 0. The van der Waals surface area contributed by atoms with Crippen molar-refractivity contribution in [3.05, 3.63) is 71.3 Å². The van der Waals surface area contributed by atoms with Crippen LogP contribution in [-0.4, -0.2) is 12.1 Å². The number of rotatable bonds is 4. The third-order valence-corrected chi connectivity index (χ3v) is 3.09. The van der Waals surface area contributed by atoms with Crippen molar-refractivity contribution in [2.75, 3.05) is 0 Å². The number of hydrogen-bond acceptors (Lipinski definition) is 2. The number of benzene rings is 2. The zero-order valence-electron chi connectivity index (χ0n) is 11.3. The van der Waals surface area contributed by atoms with Crippen molar-refractivity contribution in [1.82, 2.24) is 0 Å². The van der Waals surface area contributed by atoms with E-state index in [1.165, 1.54) is 11.1 Å². The summed E-state index contributed by atoms with van der Waals surface area (Å²) in [7, 11) is 0. The lowest BCUT2D eigenvalue weighted by Crippen LogP contribution is -2.17. The SMILES string of the molecule is Cc1ccccc1CC(C)OC(=O)c1ccccc1. The fourth-order valence-electron chi connectivity index (χ4n) is 2.02. The Morgan fingerprint density at radius 2 is 1.68 bits per heavy atom. The van der Waals surface area contributed by atoms with Crippen LogP contribution in [0.2, 0.25) is 0 Å². The minimum absolute atomic E-state index is 0.131. The van der Waals surface area contributed by atoms with Gasteiger partial charge in [0, 0.05) is 6.42 Å². The van der Waals surface area contributed by atoms with Crippen molar-refractivity contribution in [2.45, 2.75) is 26.4 Å². The fourth-order valence-corrected chi connectivity index (χ4v) is 2.02. The Balaban J connectivity index is 1.97. The number of aryl methyl sites for hydroxylation is 1. The summed E-state index contributed by atoms with van der Waals surface area (Å²) in [6, 6.07) is 17.3. The Hall–Kier alpha value is -2.09. The number of carbonyl (C=O) groups excluding carboxylic acids is 1. The molecule has 0 aliphatic heterocycles. The van der Waals surface area contributed by atoms with Gasteiger partial charge in [-0.15, -0.1) is 0 Å². The van der Waals surface area contributed by atoms with Crippen LogP contribution in [0, 0.1) is 6.92 Å². The maximum absolute atomic E-state index is 11.9. The van der Waals surface area contributed by atoms with E-state index in [9.17, 15) is 4.79 Å². The highest BCUT2D eigenvalue weighted by Gasteiger charge is 2.12. The van der Waals surface area contributed by atoms with E-state index in [4.69, 9.17) is 4.74 Å². The van der Waals surface area contributed by atoms with E-state index in [0.29, 0.717) is 5.56 Å². The third-order valence-electron chi connectivity index (χ3n) is 3.09. The average Bonchev–Trinajstić information content (AvgIpc) is 2.42. The lowest BCUT2D eigenvalue weighted by molar-refractivity contribution is 0.0342. The van der Waals surface area contributed by atoms with Crippen LogP contribution in [0.3, 0.4) is 0 Å². The van der Waals surface area contributed by atoms with Crippen molar-refractivity contribution in [2.24, 2.45) is 0 Å². The lowest BCUT2D eigenvalue weighted by atomic mass is 10.0. The fraction of sp³-hybridized carbons (Fsp3) is 0.235. The standard InChI is InChI=1S/C17H18O2/c1-13-8-6-7-11-16(13)12-14(2)19-17(18)15-9-4-3-5-10-15/h3-11,14H,12H2,1-2H3. The molecule has 0 radical (unpaired) electrons. The highest BCUT2D eigenvalue weighted by atomic mass is 16.5. The number of esters is 1. The van der Waals surface area contributed by atoms with E-state index in [0.717, 1.165) is 6.42 Å². The summed E-state index contributed by atoms with van der Waals surface area (Å²) in [6.45, 7) is 3.99. The first-order chi connectivity index (χ1) is 9.16.